The lowest BCUT2D eigenvalue weighted by Crippen LogP contribution is -2.30. The Morgan fingerprint density at radius 1 is 0.946 bits per heavy atom. The Labute approximate surface area is 227 Å². The summed E-state index contributed by atoms with van der Waals surface area (Å²) < 4.78 is 0. The summed E-state index contributed by atoms with van der Waals surface area (Å²) in [5.41, 5.74) is 1.09. The van der Waals surface area contributed by atoms with E-state index in [1.807, 2.05) is 29.6 Å². The first-order chi connectivity index (χ1) is 18.0. The Kier molecular flexibility index (Phi) is 9.09. The van der Waals surface area contributed by atoms with Gasteiger partial charge in [0, 0.05) is 27.2 Å². The number of carbonyl (C=O) groups excluding carboxylic acids is 3. The lowest BCUT2D eigenvalue weighted by atomic mass is 10.2. The first-order valence-electron chi connectivity index (χ1n) is 11.0. The molecule has 2 heterocycles. The van der Waals surface area contributed by atoms with Crippen molar-refractivity contribution in [2.45, 2.75) is 4.90 Å². The number of thiophene rings is 1. The molecule has 0 spiro atoms. The molecule has 0 saturated carbocycles. The summed E-state index contributed by atoms with van der Waals surface area (Å²) in [6.45, 7) is 0. The third kappa shape index (κ3) is 8.04. The quantitative estimate of drug-likeness (QED) is 0.178. The molecular weight excluding hydrogens is 528 g/mol. The second-order valence-corrected chi connectivity index (χ2v) is 10.0. The predicted octanol–water partition coefficient (Wildman–Crippen LogP) is 5.94. The van der Waals surface area contributed by atoms with Gasteiger partial charge in [0.1, 0.15) is 11.5 Å². The molecule has 186 valence electrons. The van der Waals surface area contributed by atoms with Crippen LogP contribution in [0.3, 0.4) is 0 Å². The lowest BCUT2D eigenvalue weighted by molar-refractivity contribution is -0.114. The molecule has 0 unspecified atom stereocenters. The van der Waals surface area contributed by atoms with Gasteiger partial charge in [0.25, 0.3) is 11.8 Å². The van der Waals surface area contributed by atoms with Crippen LogP contribution in [-0.4, -0.2) is 28.5 Å². The van der Waals surface area contributed by atoms with Gasteiger partial charge in [0.15, 0.2) is 0 Å². The van der Waals surface area contributed by atoms with E-state index in [0.29, 0.717) is 22.1 Å². The second-order valence-electron chi connectivity index (χ2n) is 7.57. The van der Waals surface area contributed by atoms with E-state index in [4.69, 9.17) is 11.6 Å². The number of pyridine rings is 1. The first kappa shape index (κ1) is 26.2. The number of thioether (sulfide) groups is 1. The summed E-state index contributed by atoms with van der Waals surface area (Å²) in [6.07, 6.45) is 3.09. The molecule has 0 saturated heterocycles. The average molecular weight is 549 g/mol. The van der Waals surface area contributed by atoms with Gasteiger partial charge in [-0.3, -0.25) is 14.4 Å². The van der Waals surface area contributed by atoms with Crippen LogP contribution < -0.4 is 16.0 Å². The SMILES string of the molecule is O=C(CSc1cccc(NC(=O)/C(=C/c2cccs2)NC(=O)c2ccccc2)c1)Nc1ccc(Cl)cn1. The molecule has 0 aliphatic heterocycles. The normalized spacial score (nSPS) is 11.0. The van der Waals surface area contributed by atoms with Gasteiger partial charge in [0.2, 0.25) is 5.91 Å². The summed E-state index contributed by atoms with van der Waals surface area (Å²) >= 11 is 8.58. The number of amides is 3. The number of rotatable bonds is 9. The number of nitrogens with zero attached hydrogens (tertiary/aromatic N) is 1. The van der Waals surface area contributed by atoms with E-state index in [-0.39, 0.29) is 23.3 Å². The van der Waals surface area contributed by atoms with Crippen LogP contribution in [0, 0.1) is 0 Å². The standard InChI is InChI=1S/C27H21ClN4O3S2/c28-19-11-12-24(29-16-19)32-25(33)17-37-21-9-4-8-20(14-21)30-27(35)23(15-22-10-5-13-36-22)31-26(34)18-6-2-1-3-7-18/h1-16H,17H2,(H,30,35)(H,31,34)(H,29,32,33)/b23-15-. The highest BCUT2D eigenvalue weighted by Crippen LogP contribution is 2.23. The molecule has 0 fully saturated rings. The van der Waals surface area contributed by atoms with Gasteiger partial charge in [-0.25, -0.2) is 4.98 Å². The van der Waals surface area contributed by atoms with Crippen LogP contribution in [0.4, 0.5) is 11.5 Å². The van der Waals surface area contributed by atoms with E-state index >= 15 is 0 Å². The topological polar surface area (TPSA) is 100 Å². The average Bonchev–Trinajstić information content (AvgIpc) is 3.42. The summed E-state index contributed by atoms with van der Waals surface area (Å²) in [5, 5.41) is 10.6. The highest BCUT2D eigenvalue weighted by Gasteiger charge is 2.15. The molecule has 0 bridgehead atoms. The monoisotopic (exact) mass is 548 g/mol. The molecule has 4 aromatic rings. The van der Waals surface area contributed by atoms with Crippen molar-refractivity contribution in [3.63, 3.8) is 0 Å². The maximum Gasteiger partial charge on any atom is 0.272 e. The van der Waals surface area contributed by atoms with Crippen molar-refractivity contribution in [2.24, 2.45) is 0 Å². The molecular formula is C27H21ClN4O3S2. The summed E-state index contributed by atoms with van der Waals surface area (Å²) in [6, 6.07) is 22.8. The zero-order chi connectivity index (χ0) is 26.0. The van der Waals surface area contributed by atoms with Crippen molar-refractivity contribution in [1.82, 2.24) is 10.3 Å². The minimum Gasteiger partial charge on any atom is -0.321 e. The smallest absolute Gasteiger partial charge is 0.272 e. The Morgan fingerprint density at radius 3 is 2.51 bits per heavy atom. The largest absolute Gasteiger partial charge is 0.321 e. The molecule has 3 N–H and O–H groups in total. The molecule has 37 heavy (non-hydrogen) atoms. The molecule has 2 aromatic heterocycles. The van der Waals surface area contributed by atoms with Crippen LogP contribution in [-0.2, 0) is 9.59 Å². The van der Waals surface area contributed by atoms with E-state index in [9.17, 15) is 14.4 Å². The van der Waals surface area contributed by atoms with Crippen LogP contribution in [0.5, 0.6) is 0 Å². The van der Waals surface area contributed by atoms with Crippen molar-refractivity contribution < 1.29 is 14.4 Å². The molecule has 4 rings (SSSR count). The zero-order valence-corrected chi connectivity index (χ0v) is 21.7. The predicted molar refractivity (Wildman–Crippen MR) is 150 cm³/mol. The fourth-order valence-corrected chi connectivity index (χ4v) is 4.62. The molecule has 2 aromatic carbocycles. The number of carbonyl (C=O) groups is 3. The Morgan fingerprint density at radius 2 is 1.78 bits per heavy atom. The number of anilines is 2. The van der Waals surface area contributed by atoms with Gasteiger partial charge in [-0.15, -0.1) is 23.1 Å². The van der Waals surface area contributed by atoms with Crippen molar-refractivity contribution in [3.05, 3.63) is 112 Å². The van der Waals surface area contributed by atoms with Crippen LogP contribution in [0.2, 0.25) is 5.02 Å². The summed E-state index contributed by atoms with van der Waals surface area (Å²) in [5.74, 6) is -0.508. The van der Waals surface area contributed by atoms with E-state index in [1.54, 1.807) is 60.7 Å². The molecule has 0 atom stereocenters. The fourth-order valence-electron chi connectivity index (χ4n) is 3.10. The Bertz CT molecular complexity index is 1410. The minimum absolute atomic E-state index is 0.115. The van der Waals surface area contributed by atoms with Crippen LogP contribution in [0.25, 0.3) is 6.08 Å². The van der Waals surface area contributed by atoms with E-state index in [0.717, 1.165) is 9.77 Å². The number of nitrogens with one attached hydrogen (secondary N) is 3. The molecule has 10 heteroatoms. The molecule has 0 aliphatic rings. The van der Waals surface area contributed by atoms with Gasteiger partial charge in [-0.1, -0.05) is 41.9 Å². The number of halogens is 1. The van der Waals surface area contributed by atoms with Crippen molar-refractivity contribution in [2.75, 3.05) is 16.4 Å². The van der Waals surface area contributed by atoms with Gasteiger partial charge < -0.3 is 16.0 Å². The van der Waals surface area contributed by atoms with Crippen LogP contribution >= 0.6 is 34.7 Å². The van der Waals surface area contributed by atoms with E-state index < -0.39 is 5.91 Å². The lowest BCUT2D eigenvalue weighted by Gasteiger charge is -2.12. The summed E-state index contributed by atoms with van der Waals surface area (Å²) in [7, 11) is 0. The molecule has 0 radical (unpaired) electrons. The molecule has 3 amide bonds. The number of hydrogen-bond acceptors (Lipinski definition) is 6. The third-order valence-electron chi connectivity index (χ3n) is 4.82. The first-order valence-corrected chi connectivity index (χ1v) is 13.3. The van der Waals surface area contributed by atoms with Crippen molar-refractivity contribution in [1.29, 1.82) is 0 Å². The van der Waals surface area contributed by atoms with Crippen LogP contribution in [0.15, 0.2) is 101 Å². The third-order valence-corrected chi connectivity index (χ3v) is 6.85. The highest BCUT2D eigenvalue weighted by molar-refractivity contribution is 8.00. The second kappa shape index (κ2) is 12.9. The number of aromatic nitrogens is 1. The molecule has 0 aliphatic carbocycles. The van der Waals surface area contributed by atoms with Gasteiger partial charge in [0.05, 0.1) is 10.8 Å². The van der Waals surface area contributed by atoms with Crippen LogP contribution in [0.1, 0.15) is 15.2 Å². The van der Waals surface area contributed by atoms with E-state index in [2.05, 4.69) is 20.9 Å². The number of benzene rings is 2. The minimum atomic E-state index is -0.466. The summed E-state index contributed by atoms with van der Waals surface area (Å²) in [4.78, 5) is 43.8. The van der Waals surface area contributed by atoms with Crippen molar-refractivity contribution in [3.8, 4) is 0 Å². The Balaban J connectivity index is 1.40. The zero-order valence-electron chi connectivity index (χ0n) is 19.3. The van der Waals surface area contributed by atoms with Gasteiger partial charge in [-0.05, 0) is 60.0 Å². The Hall–Kier alpha value is -3.92. The highest BCUT2D eigenvalue weighted by atomic mass is 35.5. The van der Waals surface area contributed by atoms with Gasteiger partial charge >= 0.3 is 0 Å². The van der Waals surface area contributed by atoms with Crippen molar-refractivity contribution >= 4 is 70.0 Å². The maximum atomic E-state index is 13.1. The van der Waals surface area contributed by atoms with E-state index in [1.165, 1.54) is 29.3 Å². The molecule has 7 nitrogen and oxygen atoms in total. The fraction of sp³-hybridized carbons (Fsp3) is 0.0370. The maximum absolute atomic E-state index is 13.1. The van der Waals surface area contributed by atoms with Gasteiger partial charge in [-0.2, -0.15) is 0 Å². The number of hydrogen-bond donors (Lipinski definition) is 3.